The molecule has 2 N–H and O–H groups in total. The van der Waals surface area contributed by atoms with E-state index in [1.54, 1.807) is 17.8 Å². The number of halogens is 1. The average Bonchev–Trinajstić information content (AvgIpc) is 2.96. The lowest BCUT2D eigenvalue weighted by atomic mass is 9.92. The molecule has 5 nitrogen and oxygen atoms in total. The highest BCUT2D eigenvalue weighted by Crippen LogP contribution is 2.17. The lowest BCUT2D eigenvalue weighted by molar-refractivity contribution is 0.0142. The van der Waals surface area contributed by atoms with Gasteiger partial charge >= 0.3 is 0 Å². The number of rotatable bonds is 6. The molecule has 1 atom stereocenters. The van der Waals surface area contributed by atoms with Crippen molar-refractivity contribution in [1.29, 1.82) is 0 Å². The summed E-state index contributed by atoms with van der Waals surface area (Å²) in [6.07, 6.45) is 3.18. The molecule has 0 saturated carbocycles. The maximum atomic E-state index is 12.1. The number of aromatic nitrogens is 2. The van der Waals surface area contributed by atoms with Crippen LogP contribution in [0.5, 0.6) is 0 Å². The van der Waals surface area contributed by atoms with Crippen LogP contribution >= 0.6 is 11.6 Å². The minimum absolute atomic E-state index is 0.0470. The lowest BCUT2D eigenvalue weighted by Crippen LogP contribution is -2.44. The first-order chi connectivity index (χ1) is 10.8. The van der Waals surface area contributed by atoms with Crippen molar-refractivity contribution in [2.24, 2.45) is 5.92 Å². The van der Waals surface area contributed by atoms with Crippen molar-refractivity contribution in [3.63, 3.8) is 0 Å². The van der Waals surface area contributed by atoms with E-state index in [1.165, 1.54) is 6.20 Å². The first kappa shape index (κ1) is 17.5. The van der Waals surface area contributed by atoms with Gasteiger partial charge in [0.15, 0.2) is 0 Å². The zero-order valence-corrected chi connectivity index (χ0v) is 14.3. The number of nitrogens with one attached hydrogen (secondary N) is 1. The van der Waals surface area contributed by atoms with Gasteiger partial charge in [-0.15, -0.1) is 0 Å². The third-order valence-electron chi connectivity index (χ3n) is 4.04. The second kappa shape index (κ2) is 7.15. The fourth-order valence-electron chi connectivity index (χ4n) is 1.93. The summed E-state index contributed by atoms with van der Waals surface area (Å²) in [4.78, 5) is 12.1. The summed E-state index contributed by atoms with van der Waals surface area (Å²) in [5.74, 6) is -0.206. The largest absolute Gasteiger partial charge is 0.388 e. The molecule has 0 spiro atoms. The van der Waals surface area contributed by atoms with Crippen LogP contribution in [0.4, 0.5) is 0 Å². The summed E-state index contributed by atoms with van der Waals surface area (Å²) in [7, 11) is 0. The van der Waals surface area contributed by atoms with Crippen molar-refractivity contribution in [3.8, 4) is 0 Å². The van der Waals surface area contributed by atoms with Crippen LogP contribution in [0.3, 0.4) is 0 Å². The Hall–Kier alpha value is -1.85. The molecule has 0 fully saturated rings. The molecule has 2 aromatic rings. The van der Waals surface area contributed by atoms with E-state index in [0.29, 0.717) is 17.1 Å². The van der Waals surface area contributed by atoms with E-state index in [4.69, 9.17) is 11.6 Å². The zero-order chi connectivity index (χ0) is 17.0. The Bertz CT molecular complexity index is 680. The van der Waals surface area contributed by atoms with Gasteiger partial charge in [0.1, 0.15) is 0 Å². The third kappa shape index (κ3) is 4.56. The number of hydrogen-bond donors (Lipinski definition) is 2. The van der Waals surface area contributed by atoms with Gasteiger partial charge in [-0.05, 0) is 24.5 Å². The Balaban J connectivity index is 1.99. The molecular formula is C17H22ClN3O2. The number of carbonyl (C=O) groups excluding carboxylic acids is 1. The van der Waals surface area contributed by atoms with E-state index >= 15 is 0 Å². The van der Waals surface area contributed by atoms with Crippen LogP contribution in [0.15, 0.2) is 36.7 Å². The maximum absolute atomic E-state index is 12.1. The molecule has 2 rings (SSSR count). The average molecular weight is 336 g/mol. The normalized spacial score (nSPS) is 13.8. The summed E-state index contributed by atoms with van der Waals surface area (Å²) < 4.78 is 1.66. The first-order valence-electron chi connectivity index (χ1n) is 7.56. The van der Waals surface area contributed by atoms with Crippen molar-refractivity contribution in [2.45, 2.75) is 32.9 Å². The molecule has 6 heteroatoms. The molecule has 0 saturated heterocycles. The summed E-state index contributed by atoms with van der Waals surface area (Å²) in [5.41, 5.74) is 0.451. The third-order valence-corrected chi connectivity index (χ3v) is 4.40. The number of hydrogen-bond acceptors (Lipinski definition) is 3. The number of nitrogens with zero attached hydrogens (tertiary/aromatic N) is 2. The number of aliphatic hydroxyl groups is 1. The lowest BCUT2D eigenvalue weighted by Gasteiger charge is -2.27. The highest BCUT2D eigenvalue weighted by molar-refractivity contribution is 6.31. The Kier molecular flexibility index (Phi) is 5.44. The first-order valence-corrected chi connectivity index (χ1v) is 7.94. The molecule has 124 valence electrons. The summed E-state index contributed by atoms with van der Waals surface area (Å²) in [5, 5.41) is 17.8. The monoisotopic (exact) mass is 335 g/mol. The number of benzene rings is 1. The Morgan fingerprint density at radius 3 is 2.78 bits per heavy atom. The second-order valence-corrected chi connectivity index (χ2v) is 6.62. The molecule has 1 amide bonds. The Morgan fingerprint density at radius 2 is 2.13 bits per heavy atom. The van der Waals surface area contributed by atoms with Crippen LogP contribution in [-0.4, -0.2) is 32.9 Å². The molecule has 0 bridgehead atoms. The highest BCUT2D eigenvalue weighted by Gasteiger charge is 2.25. The van der Waals surface area contributed by atoms with Gasteiger partial charge in [-0.1, -0.05) is 43.6 Å². The number of amides is 1. The molecule has 23 heavy (non-hydrogen) atoms. The van der Waals surface area contributed by atoms with E-state index in [1.807, 2.05) is 38.1 Å². The molecule has 0 radical (unpaired) electrons. The molecule has 1 heterocycles. The van der Waals surface area contributed by atoms with Crippen LogP contribution in [0.1, 0.15) is 36.7 Å². The van der Waals surface area contributed by atoms with Gasteiger partial charge in [-0.2, -0.15) is 5.10 Å². The van der Waals surface area contributed by atoms with Gasteiger partial charge in [0.2, 0.25) is 0 Å². The van der Waals surface area contributed by atoms with Crippen LogP contribution < -0.4 is 5.32 Å². The molecular weight excluding hydrogens is 314 g/mol. The predicted octanol–water partition coefficient (Wildman–Crippen LogP) is 2.72. The fourth-order valence-corrected chi connectivity index (χ4v) is 2.13. The quantitative estimate of drug-likeness (QED) is 0.853. The van der Waals surface area contributed by atoms with Crippen LogP contribution in [-0.2, 0) is 6.54 Å². The van der Waals surface area contributed by atoms with Crippen LogP contribution in [0.25, 0.3) is 0 Å². The highest BCUT2D eigenvalue weighted by atomic mass is 35.5. The van der Waals surface area contributed by atoms with Crippen molar-refractivity contribution >= 4 is 17.5 Å². The van der Waals surface area contributed by atoms with E-state index in [0.717, 1.165) is 5.56 Å². The van der Waals surface area contributed by atoms with E-state index in [2.05, 4.69) is 10.4 Å². The van der Waals surface area contributed by atoms with Crippen molar-refractivity contribution in [2.75, 3.05) is 6.54 Å². The topological polar surface area (TPSA) is 67.2 Å². The maximum Gasteiger partial charge on any atom is 0.254 e. The Morgan fingerprint density at radius 1 is 1.43 bits per heavy atom. The minimum atomic E-state index is -0.941. The summed E-state index contributed by atoms with van der Waals surface area (Å²) >= 11 is 6.12. The molecule has 1 unspecified atom stereocenters. The van der Waals surface area contributed by atoms with E-state index < -0.39 is 5.60 Å². The number of carbonyl (C=O) groups is 1. The van der Waals surface area contributed by atoms with E-state index in [9.17, 15) is 9.90 Å². The molecule has 1 aromatic carbocycles. The van der Waals surface area contributed by atoms with Gasteiger partial charge in [-0.3, -0.25) is 9.48 Å². The molecule has 0 aliphatic heterocycles. The van der Waals surface area contributed by atoms with E-state index in [-0.39, 0.29) is 18.4 Å². The van der Waals surface area contributed by atoms with Gasteiger partial charge in [0.05, 0.1) is 23.9 Å². The van der Waals surface area contributed by atoms with Gasteiger partial charge < -0.3 is 10.4 Å². The van der Waals surface area contributed by atoms with Crippen LogP contribution in [0, 0.1) is 5.92 Å². The van der Waals surface area contributed by atoms with Gasteiger partial charge in [0, 0.05) is 17.8 Å². The fraction of sp³-hybridized carbons (Fsp3) is 0.412. The SMILES string of the molecule is CC(C)C(C)(O)CNC(=O)c1cnn(Cc2ccccc2Cl)c1. The van der Waals surface area contributed by atoms with Gasteiger partial charge in [-0.25, -0.2) is 0 Å². The smallest absolute Gasteiger partial charge is 0.254 e. The molecule has 1 aromatic heterocycles. The predicted molar refractivity (Wildman–Crippen MR) is 90.6 cm³/mol. The molecule has 0 aliphatic rings. The van der Waals surface area contributed by atoms with Crippen LogP contribution in [0.2, 0.25) is 5.02 Å². The Labute approximate surface area is 141 Å². The summed E-state index contributed by atoms with van der Waals surface area (Å²) in [6, 6.07) is 7.52. The standard InChI is InChI=1S/C17H22ClN3O2/c1-12(2)17(3,23)11-19-16(22)14-8-20-21(10-14)9-13-6-4-5-7-15(13)18/h4-8,10,12,23H,9,11H2,1-3H3,(H,19,22). The second-order valence-electron chi connectivity index (χ2n) is 6.21. The summed E-state index contributed by atoms with van der Waals surface area (Å²) in [6.45, 7) is 6.22. The van der Waals surface area contributed by atoms with Crippen molar-refractivity contribution < 1.29 is 9.90 Å². The zero-order valence-electron chi connectivity index (χ0n) is 13.6. The molecule has 0 aliphatic carbocycles. The minimum Gasteiger partial charge on any atom is -0.388 e. The van der Waals surface area contributed by atoms with Gasteiger partial charge in [0.25, 0.3) is 5.91 Å². The van der Waals surface area contributed by atoms with Crippen molar-refractivity contribution in [3.05, 3.63) is 52.8 Å². The van der Waals surface area contributed by atoms with Crippen molar-refractivity contribution in [1.82, 2.24) is 15.1 Å².